The molecule has 11 heteroatoms. The number of methoxy groups -OCH3 is 2. The molecule has 0 aromatic heterocycles. The molecule has 2 saturated heterocycles. The van der Waals surface area contributed by atoms with Gasteiger partial charge in [-0.3, -0.25) is 0 Å². The van der Waals surface area contributed by atoms with Crippen LogP contribution >= 0.6 is 22.6 Å². The van der Waals surface area contributed by atoms with Crippen LogP contribution < -0.4 is 9.47 Å². The van der Waals surface area contributed by atoms with Crippen LogP contribution in [0.4, 0.5) is 0 Å². The van der Waals surface area contributed by atoms with E-state index in [1.807, 2.05) is 24.3 Å². The van der Waals surface area contributed by atoms with E-state index in [1.54, 1.807) is 45.4 Å². The number of carbonyl (C=O) groups is 2. The standard InChI is InChI=1S/C27H31IO10/c1-27-24(28)22(37-21(30)15-34-13-16-4-8-18(32-2)9-5-16)20(12-29)36-25(27)23(26(31)38-27)35-14-17-6-10-19(33-3)11-7-17/h4-11,20,22-25,29H,12-15H2,1-3H3/t20-,22-,23-,24-,25+,27+/m1/s1. The number of ether oxygens (including phenoxy) is 7. The van der Waals surface area contributed by atoms with E-state index in [9.17, 15) is 14.7 Å². The Morgan fingerprint density at radius 1 is 1.00 bits per heavy atom. The largest absolute Gasteiger partial charge is 0.497 e. The molecule has 0 aliphatic carbocycles. The Hall–Kier alpha value is -2.45. The first-order valence-electron chi connectivity index (χ1n) is 12.1. The van der Waals surface area contributed by atoms with E-state index in [1.165, 1.54) is 0 Å². The maximum atomic E-state index is 12.8. The van der Waals surface area contributed by atoms with Gasteiger partial charge >= 0.3 is 11.9 Å². The van der Waals surface area contributed by atoms with Crippen LogP contribution in [0.5, 0.6) is 11.5 Å². The molecule has 0 unspecified atom stereocenters. The van der Waals surface area contributed by atoms with Crippen molar-refractivity contribution in [3.63, 3.8) is 0 Å². The van der Waals surface area contributed by atoms with Gasteiger partial charge in [-0.25, -0.2) is 9.59 Å². The van der Waals surface area contributed by atoms with Gasteiger partial charge in [0.05, 0.1) is 38.0 Å². The summed E-state index contributed by atoms with van der Waals surface area (Å²) in [6, 6.07) is 14.6. The van der Waals surface area contributed by atoms with Gasteiger partial charge in [-0.2, -0.15) is 0 Å². The van der Waals surface area contributed by atoms with Crippen molar-refractivity contribution in [3.8, 4) is 11.5 Å². The zero-order valence-corrected chi connectivity index (χ0v) is 23.5. The van der Waals surface area contributed by atoms with Gasteiger partial charge < -0.3 is 38.3 Å². The molecule has 0 radical (unpaired) electrons. The number of hydrogen-bond donors (Lipinski definition) is 1. The molecule has 38 heavy (non-hydrogen) atoms. The fourth-order valence-electron chi connectivity index (χ4n) is 4.46. The Labute approximate surface area is 234 Å². The summed E-state index contributed by atoms with van der Waals surface area (Å²) in [5, 5.41) is 10.0. The van der Waals surface area contributed by atoms with Crippen molar-refractivity contribution in [3.05, 3.63) is 59.7 Å². The molecular formula is C27H31IO10. The average Bonchev–Trinajstić information content (AvgIpc) is 3.18. The second kappa shape index (κ2) is 12.6. The molecule has 2 aromatic carbocycles. The minimum absolute atomic E-state index is 0.152. The monoisotopic (exact) mass is 642 g/mol. The number of aliphatic hydroxyl groups is 1. The summed E-state index contributed by atoms with van der Waals surface area (Å²) in [5.74, 6) is 0.244. The van der Waals surface area contributed by atoms with E-state index in [-0.39, 0.29) is 19.8 Å². The Morgan fingerprint density at radius 2 is 1.58 bits per heavy atom. The lowest BCUT2D eigenvalue weighted by atomic mass is 9.86. The highest BCUT2D eigenvalue weighted by molar-refractivity contribution is 14.1. The molecule has 0 bridgehead atoms. The van der Waals surface area contributed by atoms with Crippen LogP contribution in [-0.2, 0) is 46.5 Å². The Morgan fingerprint density at radius 3 is 2.13 bits per heavy atom. The van der Waals surface area contributed by atoms with Crippen LogP contribution in [0.15, 0.2) is 48.5 Å². The summed E-state index contributed by atoms with van der Waals surface area (Å²) in [7, 11) is 3.17. The number of rotatable bonds is 11. The topological polar surface area (TPSA) is 119 Å². The maximum Gasteiger partial charge on any atom is 0.338 e. The van der Waals surface area contributed by atoms with E-state index >= 15 is 0 Å². The molecule has 1 N–H and O–H groups in total. The van der Waals surface area contributed by atoms with E-state index < -0.39 is 52.5 Å². The minimum Gasteiger partial charge on any atom is -0.497 e. The van der Waals surface area contributed by atoms with Crippen molar-refractivity contribution >= 4 is 34.5 Å². The fraction of sp³-hybridized carbons (Fsp3) is 0.481. The first kappa shape index (κ1) is 28.6. The number of benzene rings is 2. The molecule has 6 atom stereocenters. The number of fused-ring (bicyclic) bond motifs is 1. The van der Waals surface area contributed by atoms with Crippen molar-refractivity contribution < 1.29 is 47.9 Å². The van der Waals surface area contributed by atoms with Crippen molar-refractivity contribution in [1.82, 2.24) is 0 Å². The predicted molar refractivity (Wildman–Crippen MR) is 142 cm³/mol. The van der Waals surface area contributed by atoms with Gasteiger partial charge in [-0.05, 0) is 42.3 Å². The predicted octanol–water partition coefficient (Wildman–Crippen LogP) is 2.60. The van der Waals surface area contributed by atoms with E-state index in [0.29, 0.717) is 5.75 Å². The number of alkyl halides is 1. The van der Waals surface area contributed by atoms with Crippen molar-refractivity contribution in [2.45, 2.75) is 54.1 Å². The van der Waals surface area contributed by atoms with Gasteiger partial charge in [0.15, 0.2) is 11.7 Å². The van der Waals surface area contributed by atoms with Crippen molar-refractivity contribution in [2.24, 2.45) is 0 Å². The number of aliphatic hydroxyl groups excluding tert-OH is 1. The minimum atomic E-state index is -1.14. The Bertz CT molecular complexity index is 1090. The second-order valence-corrected chi connectivity index (χ2v) is 10.5. The third-order valence-electron chi connectivity index (χ3n) is 6.60. The number of esters is 2. The second-order valence-electron chi connectivity index (χ2n) is 9.16. The summed E-state index contributed by atoms with van der Waals surface area (Å²) in [4.78, 5) is 25.4. The molecule has 0 amide bonds. The SMILES string of the molecule is COc1ccc(COCC(=O)O[C@H]2[C@@H](I)[C@]3(C)OC(=O)[C@H](OCc4ccc(OC)cc4)[C@@H]3O[C@@H]2CO)cc1. The normalized spacial score (nSPS) is 28.3. The Kier molecular flexibility index (Phi) is 9.47. The summed E-state index contributed by atoms with van der Waals surface area (Å²) < 4.78 is 38.7. The van der Waals surface area contributed by atoms with Gasteiger partial charge in [0, 0.05) is 0 Å². The zero-order valence-electron chi connectivity index (χ0n) is 21.3. The molecule has 0 spiro atoms. The quantitative estimate of drug-likeness (QED) is 0.223. The molecule has 0 saturated carbocycles. The molecule has 2 aromatic rings. The van der Waals surface area contributed by atoms with Gasteiger partial charge in [0.1, 0.15) is 36.4 Å². The Balaban J connectivity index is 1.35. The van der Waals surface area contributed by atoms with E-state index in [0.717, 1.165) is 16.9 Å². The summed E-state index contributed by atoms with van der Waals surface area (Å²) in [6.07, 6.45) is -3.54. The van der Waals surface area contributed by atoms with Gasteiger partial charge in [0.25, 0.3) is 0 Å². The molecule has 2 aliphatic rings. The molecule has 2 aliphatic heterocycles. The highest BCUT2D eigenvalue weighted by atomic mass is 127. The van der Waals surface area contributed by atoms with E-state index in [2.05, 4.69) is 22.6 Å². The zero-order chi connectivity index (χ0) is 27.3. The lowest BCUT2D eigenvalue weighted by Crippen LogP contribution is -2.64. The number of halogens is 1. The summed E-state index contributed by atoms with van der Waals surface area (Å²) in [5.41, 5.74) is 0.575. The number of hydrogen-bond acceptors (Lipinski definition) is 10. The average molecular weight is 642 g/mol. The van der Waals surface area contributed by atoms with Crippen LogP contribution in [0.2, 0.25) is 0 Å². The molecule has 206 valence electrons. The highest BCUT2D eigenvalue weighted by Crippen LogP contribution is 2.45. The van der Waals surface area contributed by atoms with Crippen molar-refractivity contribution in [1.29, 1.82) is 0 Å². The highest BCUT2D eigenvalue weighted by Gasteiger charge is 2.65. The lowest BCUT2D eigenvalue weighted by Gasteiger charge is -2.46. The summed E-state index contributed by atoms with van der Waals surface area (Å²) in [6.45, 7) is 1.37. The van der Waals surface area contributed by atoms with Crippen LogP contribution in [0.1, 0.15) is 18.1 Å². The third kappa shape index (κ3) is 6.23. The lowest BCUT2D eigenvalue weighted by molar-refractivity contribution is -0.218. The van der Waals surface area contributed by atoms with Crippen LogP contribution in [-0.4, -0.2) is 78.4 Å². The maximum absolute atomic E-state index is 12.8. The van der Waals surface area contributed by atoms with Gasteiger partial charge in [-0.1, -0.05) is 46.9 Å². The molecular weight excluding hydrogens is 611 g/mol. The molecule has 2 heterocycles. The van der Waals surface area contributed by atoms with E-state index in [4.69, 9.17) is 33.2 Å². The number of carbonyl (C=O) groups excluding carboxylic acids is 2. The third-order valence-corrected chi connectivity index (χ3v) is 8.55. The molecule has 4 rings (SSSR count). The molecule has 10 nitrogen and oxygen atoms in total. The smallest absolute Gasteiger partial charge is 0.338 e. The fourth-order valence-corrected chi connectivity index (χ4v) is 5.55. The first-order chi connectivity index (χ1) is 18.3. The van der Waals surface area contributed by atoms with Gasteiger partial charge in [0.2, 0.25) is 0 Å². The van der Waals surface area contributed by atoms with Crippen LogP contribution in [0.3, 0.4) is 0 Å². The van der Waals surface area contributed by atoms with Gasteiger partial charge in [-0.15, -0.1) is 0 Å². The van der Waals surface area contributed by atoms with Crippen LogP contribution in [0, 0.1) is 0 Å². The molecule has 2 fully saturated rings. The van der Waals surface area contributed by atoms with Crippen molar-refractivity contribution in [2.75, 3.05) is 27.4 Å². The first-order valence-corrected chi connectivity index (χ1v) is 13.3. The summed E-state index contributed by atoms with van der Waals surface area (Å²) >= 11 is 2.08. The van der Waals surface area contributed by atoms with Crippen LogP contribution in [0.25, 0.3) is 0 Å².